The number of amides is 1. The van der Waals surface area contributed by atoms with Gasteiger partial charge in [-0.15, -0.1) is 0 Å². The summed E-state index contributed by atoms with van der Waals surface area (Å²) < 4.78 is 31.5. The molecule has 3 aromatic carbocycles. The van der Waals surface area contributed by atoms with Gasteiger partial charge in [-0.2, -0.15) is 0 Å². The molecule has 146 valence electrons. The van der Waals surface area contributed by atoms with E-state index in [4.69, 9.17) is 4.74 Å². The van der Waals surface area contributed by atoms with E-state index in [0.29, 0.717) is 5.56 Å². The molecule has 0 unspecified atom stereocenters. The molecule has 1 aliphatic rings. The van der Waals surface area contributed by atoms with Gasteiger partial charge in [0.2, 0.25) is 0 Å². The topological polar surface area (TPSA) is 38.3 Å². The standard InChI is InChI=1S/C24H19F2NO2/c25-22-12-11-16(14-23(22)26)6-5-13-27-24(28)29-15-21-19-9-3-1-7-17(19)18-8-2-4-10-20(18)21/h1-12,14,21H,13,15H2,(H,27,28). The van der Waals surface area contributed by atoms with Crippen LogP contribution in [0.4, 0.5) is 13.6 Å². The number of fused-ring (bicyclic) bond motifs is 3. The van der Waals surface area contributed by atoms with Crippen LogP contribution < -0.4 is 5.32 Å². The number of nitrogens with one attached hydrogen (secondary N) is 1. The first-order valence-electron chi connectivity index (χ1n) is 9.34. The molecule has 0 aliphatic heterocycles. The lowest BCUT2D eigenvalue weighted by molar-refractivity contribution is 0.144. The largest absolute Gasteiger partial charge is 0.449 e. The summed E-state index contributed by atoms with van der Waals surface area (Å²) in [5.41, 5.74) is 5.16. The van der Waals surface area contributed by atoms with E-state index in [1.54, 1.807) is 12.2 Å². The van der Waals surface area contributed by atoms with Crippen molar-refractivity contribution in [1.82, 2.24) is 5.32 Å². The second-order valence-corrected chi connectivity index (χ2v) is 6.78. The van der Waals surface area contributed by atoms with Gasteiger partial charge in [-0.05, 0) is 39.9 Å². The van der Waals surface area contributed by atoms with E-state index in [1.165, 1.54) is 17.2 Å². The van der Waals surface area contributed by atoms with Crippen molar-refractivity contribution in [1.29, 1.82) is 0 Å². The number of benzene rings is 3. The summed E-state index contributed by atoms with van der Waals surface area (Å²) >= 11 is 0. The summed E-state index contributed by atoms with van der Waals surface area (Å²) in [5.74, 6) is -1.79. The van der Waals surface area contributed by atoms with E-state index in [2.05, 4.69) is 29.6 Å². The van der Waals surface area contributed by atoms with Crippen molar-refractivity contribution in [3.63, 3.8) is 0 Å². The summed E-state index contributed by atoms with van der Waals surface area (Å²) in [6, 6.07) is 19.9. The first kappa shape index (κ1) is 18.9. The summed E-state index contributed by atoms with van der Waals surface area (Å²) in [7, 11) is 0. The van der Waals surface area contributed by atoms with E-state index < -0.39 is 17.7 Å². The molecule has 0 saturated carbocycles. The predicted octanol–water partition coefficient (Wildman–Crippen LogP) is 5.52. The van der Waals surface area contributed by atoms with Crippen LogP contribution in [0.2, 0.25) is 0 Å². The Labute approximate surface area is 167 Å². The number of carbonyl (C=O) groups is 1. The van der Waals surface area contributed by atoms with Crippen molar-refractivity contribution in [2.75, 3.05) is 13.2 Å². The molecule has 1 N–H and O–H groups in total. The van der Waals surface area contributed by atoms with Crippen LogP contribution in [0, 0.1) is 11.6 Å². The fraction of sp³-hybridized carbons (Fsp3) is 0.125. The maximum Gasteiger partial charge on any atom is 0.407 e. The maximum absolute atomic E-state index is 13.2. The highest BCUT2D eigenvalue weighted by Crippen LogP contribution is 2.44. The van der Waals surface area contributed by atoms with Crippen LogP contribution >= 0.6 is 0 Å². The first-order chi connectivity index (χ1) is 14.1. The maximum atomic E-state index is 13.2. The SMILES string of the molecule is O=C(NCC=Cc1ccc(F)c(F)c1)OCC1c2ccccc2-c2ccccc21. The lowest BCUT2D eigenvalue weighted by Gasteiger charge is -2.14. The van der Waals surface area contributed by atoms with Gasteiger partial charge < -0.3 is 10.1 Å². The zero-order valence-electron chi connectivity index (χ0n) is 15.6. The van der Waals surface area contributed by atoms with Crippen LogP contribution in [0.25, 0.3) is 17.2 Å². The Morgan fingerprint density at radius 1 is 0.931 bits per heavy atom. The Balaban J connectivity index is 1.33. The molecular formula is C24H19F2NO2. The first-order valence-corrected chi connectivity index (χ1v) is 9.34. The Bertz CT molecular complexity index is 1030. The molecule has 0 atom stereocenters. The average molecular weight is 391 g/mol. The van der Waals surface area contributed by atoms with Gasteiger partial charge in [-0.3, -0.25) is 0 Å². The lowest BCUT2D eigenvalue weighted by Crippen LogP contribution is -2.26. The van der Waals surface area contributed by atoms with Crippen LogP contribution in [-0.2, 0) is 4.74 Å². The Kier molecular flexibility index (Phi) is 5.38. The van der Waals surface area contributed by atoms with Gasteiger partial charge in [0.25, 0.3) is 0 Å². The van der Waals surface area contributed by atoms with Gasteiger partial charge in [0.15, 0.2) is 11.6 Å². The number of rotatable bonds is 5. The number of hydrogen-bond acceptors (Lipinski definition) is 2. The Hall–Kier alpha value is -3.47. The Morgan fingerprint density at radius 3 is 2.24 bits per heavy atom. The third-order valence-electron chi connectivity index (χ3n) is 4.96. The molecule has 0 saturated heterocycles. The zero-order chi connectivity index (χ0) is 20.2. The van der Waals surface area contributed by atoms with E-state index in [-0.39, 0.29) is 19.1 Å². The number of carbonyl (C=O) groups excluding carboxylic acids is 1. The number of alkyl carbamates (subject to hydrolysis) is 1. The van der Waals surface area contributed by atoms with Gasteiger partial charge >= 0.3 is 6.09 Å². The number of ether oxygens (including phenoxy) is 1. The van der Waals surface area contributed by atoms with Gasteiger partial charge in [0.05, 0.1) is 0 Å². The molecule has 0 aromatic heterocycles. The molecule has 0 bridgehead atoms. The fourth-order valence-corrected chi connectivity index (χ4v) is 3.60. The summed E-state index contributed by atoms with van der Waals surface area (Å²) in [5, 5.41) is 2.64. The van der Waals surface area contributed by atoms with E-state index in [0.717, 1.165) is 23.3 Å². The van der Waals surface area contributed by atoms with E-state index in [9.17, 15) is 13.6 Å². The van der Waals surface area contributed by atoms with Crippen molar-refractivity contribution in [3.05, 3.63) is 101 Å². The fourth-order valence-electron chi connectivity index (χ4n) is 3.60. The van der Waals surface area contributed by atoms with Crippen molar-refractivity contribution in [2.45, 2.75) is 5.92 Å². The van der Waals surface area contributed by atoms with Gasteiger partial charge in [-0.25, -0.2) is 13.6 Å². The molecule has 3 nitrogen and oxygen atoms in total. The minimum atomic E-state index is -0.906. The van der Waals surface area contributed by atoms with Crippen molar-refractivity contribution in [3.8, 4) is 11.1 Å². The monoisotopic (exact) mass is 391 g/mol. The smallest absolute Gasteiger partial charge is 0.407 e. The van der Waals surface area contributed by atoms with E-state index >= 15 is 0 Å². The highest BCUT2D eigenvalue weighted by Gasteiger charge is 2.28. The van der Waals surface area contributed by atoms with Gasteiger partial charge in [-0.1, -0.05) is 66.7 Å². The molecule has 3 aromatic rings. The molecule has 1 aliphatic carbocycles. The number of halogens is 2. The predicted molar refractivity (Wildman–Crippen MR) is 108 cm³/mol. The van der Waals surface area contributed by atoms with Crippen LogP contribution in [0.3, 0.4) is 0 Å². The van der Waals surface area contributed by atoms with Crippen LogP contribution in [-0.4, -0.2) is 19.2 Å². The van der Waals surface area contributed by atoms with E-state index in [1.807, 2.05) is 24.3 Å². The van der Waals surface area contributed by atoms with Crippen molar-refractivity contribution in [2.24, 2.45) is 0 Å². The quantitative estimate of drug-likeness (QED) is 0.622. The van der Waals surface area contributed by atoms with Gasteiger partial charge in [0.1, 0.15) is 6.61 Å². The van der Waals surface area contributed by atoms with Gasteiger partial charge in [0, 0.05) is 12.5 Å². The third-order valence-corrected chi connectivity index (χ3v) is 4.96. The second kappa shape index (κ2) is 8.27. The van der Waals surface area contributed by atoms with Crippen molar-refractivity contribution < 1.29 is 18.3 Å². The molecule has 0 spiro atoms. The zero-order valence-corrected chi connectivity index (χ0v) is 15.6. The summed E-state index contributed by atoms with van der Waals surface area (Å²) in [6.07, 6.45) is 2.72. The minimum absolute atomic E-state index is 0.00545. The normalized spacial score (nSPS) is 12.6. The summed E-state index contributed by atoms with van der Waals surface area (Å²) in [6.45, 7) is 0.461. The van der Waals surface area contributed by atoms with Crippen LogP contribution in [0.15, 0.2) is 72.8 Å². The van der Waals surface area contributed by atoms with Crippen LogP contribution in [0.1, 0.15) is 22.6 Å². The molecule has 29 heavy (non-hydrogen) atoms. The highest BCUT2D eigenvalue weighted by atomic mass is 19.2. The summed E-state index contributed by atoms with van der Waals surface area (Å²) in [4.78, 5) is 12.1. The molecular weight excluding hydrogens is 372 g/mol. The highest BCUT2D eigenvalue weighted by molar-refractivity contribution is 5.79. The molecule has 0 heterocycles. The van der Waals surface area contributed by atoms with Crippen molar-refractivity contribution >= 4 is 12.2 Å². The number of hydrogen-bond donors (Lipinski definition) is 1. The van der Waals surface area contributed by atoms with Crippen LogP contribution in [0.5, 0.6) is 0 Å². The molecule has 0 fully saturated rings. The third kappa shape index (κ3) is 4.04. The molecule has 0 radical (unpaired) electrons. The lowest BCUT2D eigenvalue weighted by atomic mass is 9.98. The molecule has 4 rings (SSSR count). The second-order valence-electron chi connectivity index (χ2n) is 6.78. The molecule has 5 heteroatoms. The average Bonchev–Trinajstić information content (AvgIpc) is 3.06. The Morgan fingerprint density at radius 2 is 1.59 bits per heavy atom. The molecule has 1 amide bonds. The minimum Gasteiger partial charge on any atom is -0.449 e.